The van der Waals surface area contributed by atoms with E-state index in [1.54, 1.807) is 6.08 Å². The molecule has 4 rings (SSSR count). The summed E-state index contributed by atoms with van der Waals surface area (Å²) in [5, 5.41) is 14.5. The minimum Gasteiger partial charge on any atom is -0.478 e. The number of pyridine rings is 1. The van der Waals surface area contributed by atoms with Crippen molar-refractivity contribution in [3.05, 3.63) is 40.0 Å². The first-order valence-electron chi connectivity index (χ1n) is 8.14. The second-order valence-electron chi connectivity index (χ2n) is 6.03. The predicted octanol–water partition coefficient (Wildman–Crippen LogP) is 4.81. The standard InChI is InChI=1S/C18H16ClN3O2S/c1-2-22-18-12(9-20-22)16(13-6-7-14(19)25-13)11(5-8-15(23)24)17(21-18)10-3-4-10/h5-10H,2-4H2,1H3,(H,23,24). The number of carboxylic acids is 1. The van der Waals surface area contributed by atoms with Crippen LogP contribution in [0.4, 0.5) is 0 Å². The molecule has 1 N–H and O–H groups in total. The molecule has 128 valence electrons. The topological polar surface area (TPSA) is 68.0 Å². The molecule has 0 aromatic carbocycles. The lowest BCUT2D eigenvalue weighted by atomic mass is 9.99. The number of fused-ring (bicyclic) bond motifs is 1. The maximum Gasteiger partial charge on any atom is 0.328 e. The third-order valence-electron chi connectivity index (χ3n) is 4.33. The van der Waals surface area contributed by atoms with Gasteiger partial charge in [0, 0.05) is 39.9 Å². The summed E-state index contributed by atoms with van der Waals surface area (Å²) in [5.74, 6) is -0.589. The van der Waals surface area contributed by atoms with E-state index in [1.165, 1.54) is 17.4 Å². The number of thiophene rings is 1. The van der Waals surface area contributed by atoms with E-state index in [2.05, 4.69) is 5.10 Å². The molecule has 0 saturated heterocycles. The number of hydrogen-bond donors (Lipinski definition) is 1. The van der Waals surface area contributed by atoms with E-state index in [9.17, 15) is 4.79 Å². The fourth-order valence-electron chi connectivity index (χ4n) is 3.06. The normalized spacial score (nSPS) is 14.6. The van der Waals surface area contributed by atoms with E-state index in [-0.39, 0.29) is 0 Å². The Kier molecular flexibility index (Phi) is 4.09. The van der Waals surface area contributed by atoms with Crippen LogP contribution in [0.5, 0.6) is 0 Å². The number of nitrogens with zero attached hydrogens (tertiary/aromatic N) is 3. The van der Waals surface area contributed by atoms with Crippen LogP contribution in [0.2, 0.25) is 4.34 Å². The van der Waals surface area contributed by atoms with Crippen molar-refractivity contribution in [1.29, 1.82) is 0 Å². The van der Waals surface area contributed by atoms with Crippen molar-refractivity contribution >= 4 is 46.0 Å². The Hall–Kier alpha value is -2.18. The molecule has 0 atom stereocenters. The van der Waals surface area contributed by atoms with Gasteiger partial charge in [-0.3, -0.25) is 0 Å². The maximum absolute atomic E-state index is 11.1. The molecular formula is C18H16ClN3O2S. The first-order valence-corrected chi connectivity index (χ1v) is 9.34. The number of carboxylic acid groups (broad SMARTS) is 1. The summed E-state index contributed by atoms with van der Waals surface area (Å²) in [7, 11) is 0. The second-order valence-corrected chi connectivity index (χ2v) is 7.75. The maximum atomic E-state index is 11.1. The van der Waals surface area contributed by atoms with E-state index < -0.39 is 5.97 Å². The van der Waals surface area contributed by atoms with Gasteiger partial charge in [-0.05, 0) is 38.0 Å². The molecule has 3 aromatic heterocycles. The molecule has 3 aromatic rings. The van der Waals surface area contributed by atoms with Crippen molar-refractivity contribution < 1.29 is 9.90 Å². The highest BCUT2D eigenvalue weighted by atomic mass is 35.5. The van der Waals surface area contributed by atoms with Crippen molar-refractivity contribution in [2.24, 2.45) is 0 Å². The van der Waals surface area contributed by atoms with E-state index >= 15 is 0 Å². The van der Waals surface area contributed by atoms with Crippen LogP contribution in [0.25, 0.3) is 27.6 Å². The van der Waals surface area contributed by atoms with Gasteiger partial charge in [0.15, 0.2) is 5.65 Å². The molecule has 1 saturated carbocycles. The number of aromatic nitrogens is 3. The first kappa shape index (κ1) is 16.3. The third-order valence-corrected chi connectivity index (χ3v) is 5.58. The fourth-order valence-corrected chi connectivity index (χ4v) is 4.17. The molecule has 3 heterocycles. The summed E-state index contributed by atoms with van der Waals surface area (Å²) in [4.78, 5) is 17.0. The van der Waals surface area contributed by atoms with Gasteiger partial charge in [-0.1, -0.05) is 11.6 Å². The van der Waals surface area contributed by atoms with E-state index in [4.69, 9.17) is 21.7 Å². The van der Waals surface area contributed by atoms with Crippen molar-refractivity contribution in [2.75, 3.05) is 0 Å². The number of carbonyl (C=O) groups is 1. The zero-order chi connectivity index (χ0) is 17.6. The van der Waals surface area contributed by atoms with Crippen LogP contribution in [-0.2, 0) is 11.3 Å². The minimum atomic E-state index is -0.971. The van der Waals surface area contributed by atoms with Gasteiger partial charge < -0.3 is 5.11 Å². The largest absolute Gasteiger partial charge is 0.478 e. The van der Waals surface area contributed by atoms with Gasteiger partial charge in [0.2, 0.25) is 0 Å². The van der Waals surface area contributed by atoms with Gasteiger partial charge in [-0.25, -0.2) is 14.5 Å². The van der Waals surface area contributed by atoms with Crippen LogP contribution in [0.3, 0.4) is 0 Å². The van der Waals surface area contributed by atoms with Gasteiger partial charge in [-0.15, -0.1) is 11.3 Å². The first-order chi connectivity index (χ1) is 12.1. The van der Waals surface area contributed by atoms with Crippen LogP contribution in [0.15, 0.2) is 24.4 Å². The molecule has 0 bridgehead atoms. The summed E-state index contributed by atoms with van der Waals surface area (Å²) >= 11 is 7.64. The second kappa shape index (κ2) is 6.28. The molecule has 0 amide bonds. The lowest BCUT2D eigenvalue weighted by Crippen LogP contribution is -2.02. The molecule has 0 radical (unpaired) electrons. The molecule has 1 aliphatic carbocycles. The molecule has 7 heteroatoms. The Bertz CT molecular complexity index is 1000. The van der Waals surface area contributed by atoms with Crippen LogP contribution in [0, 0.1) is 0 Å². The van der Waals surface area contributed by atoms with Crippen molar-refractivity contribution in [3.63, 3.8) is 0 Å². The van der Waals surface area contributed by atoms with Crippen LogP contribution in [-0.4, -0.2) is 25.8 Å². The van der Waals surface area contributed by atoms with Gasteiger partial charge in [-0.2, -0.15) is 5.10 Å². The van der Waals surface area contributed by atoms with Gasteiger partial charge in [0.1, 0.15) is 0 Å². The zero-order valence-electron chi connectivity index (χ0n) is 13.6. The summed E-state index contributed by atoms with van der Waals surface area (Å²) < 4.78 is 2.58. The molecule has 1 fully saturated rings. The van der Waals surface area contributed by atoms with Crippen molar-refractivity contribution in [2.45, 2.75) is 32.2 Å². The Balaban J connectivity index is 2.07. The highest BCUT2D eigenvalue weighted by Crippen LogP contribution is 2.46. The van der Waals surface area contributed by atoms with Gasteiger partial charge >= 0.3 is 5.97 Å². The summed E-state index contributed by atoms with van der Waals surface area (Å²) in [6.07, 6.45) is 6.81. The average Bonchev–Trinajstić information content (AvgIpc) is 3.22. The van der Waals surface area contributed by atoms with Crippen LogP contribution < -0.4 is 0 Å². The highest BCUT2D eigenvalue weighted by molar-refractivity contribution is 7.19. The highest BCUT2D eigenvalue weighted by Gasteiger charge is 2.30. The van der Waals surface area contributed by atoms with Gasteiger partial charge in [0.25, 0.3) is 0 Å². The predicted molar refractivity (Wildman–Crippen MR) is 100 cm³/mol. The summed E-state index contributed by atoms with van der Waals surface area (Å²) in [5.41, 5.74) is 3.64. The molecule has 5 nitrogen and oxygen atoms in total. The molecule has 0 aliphatic heterocycles. The lowest BCUT2D eigenvalue weighted by molar-refractivity contribution is -0.131. The van der Waals surface area contributed by atoms with E-state index in [0.29, 0.717) is 10.3 Å². The Morgan fingerprint density at radius 1 is 1.48 bits per heavy atom. The van der Waals surface area contributed by atoms with E-state index in [0.717, 1.165) is 52.1 Å². The Morgan fingerprint density at radius 3 is 2.88 bits per heavy atom. The molecular weight excluding hydrogens is 358 g/mol. The molecule has 1 aliphatic rings. The monoisotopic (exact) mass is 373 g/mol. The number of halogens is 1. The molecule has 25 heavy (non-hydrogen) atoms. The Morgan fingerprint density at radius 2 is 2.28 bits per heavy atom. The van der Waals surface area contributed by atoms with Crippen molar-refractivity contribution in [3.8, 4) is 10.4 Å². The van der Waals surface area contributed by atoms with E-state index in [1.807, 2.05) is 29.9 Å². The number of rotatable bonds is 5. The van der Waals surface area contributed by atoms with Gasteiger partial charge in [0.05, 0.1) is 16.2 Å². The lowest BCUT2D eigenvalue weighted by Gasteiger charge is -2.12. The quantitative estimate of drug-likeness (QED) is 0.652. The van der Waals surface area contributed by atoms with Crippen molar-refractivity contribution in [1.82, 2.24) is 14.8 Å². The Labute approximate surface area is 153 Å². The smallest absolute Gasteiger partial charge is 0.328 e. The number of aryl methyl sites for hydroxylation is 1. The molecule has 0 spiro atoms. The SMILES string of the molecule is CCn1ncc2c(-c3ccc(Cl)s3)c(C=CC(=O)O)c(C3CC3)nc21. The van der Waals surface area contributed by atoms with Crippen LogP contribution in [0.1, 0.15) is 36.9 Å². The fraction of sp³-hybridized carbons (Fsp3) is 0.278. The zero-order valence-corrected chi connectivity index (χ0v) is 15.1. The summed E-state index contributed by atoms with van der Waals surface area (Å²) in [6.45, 7) is 2.76. The number of hydrogen-bond acceptors (Lipinski definition) is 4. The van der Waals surface area contributed by atoms with Crippen LogP contribution >= 0.6 is 22.9 Å². The number of aliphatic carboxylic acids is 1. The minimum absolute atomic E-state index is 0.382. The average molecular weight is 374 g/mol. The molecule has 0 unspecified atom stereocenters. The summed E-state index contributed by atoms with van der Waals surface area (Å²) in [6, 6.07) is 3.83. The third kappa shape index (κ3) is 2.96.